The lowest BCUT2D eigenvalue weighted by atomic mass is 9.98. The van der Waals surface area contributed by atoms with Crippen molar-refractivity contribution < 1.29 is 4.79 Å². The normalized spacial score (nSPS) is 15.8. The highest BCUT2D eigenvalue weighted by Crippen LogP contribution is 2.34. The van der Waals surface area contributed by atoms with Gasteiger partial charge in [0.15, 0.2) is 0 Å². The average molecular weight is 452 g/mol. The van der Waals surface area contributed by atoms with Gasteiger partial charge in [0.1, 0.15) is 0 Å². The lowest BCUT2D eigenvalue weighted by Crippen LogP contribution is -2.31. The number of nitrogens with one attached hydrogen (secondary N) is 1. The molecule has 1 N–H and O–H groups in total. The van der Waals surface area contributed by atoms with Gasteiger partial charge in [-0.15, -0.1) is 0 Å². The minimum absolute atomic E-state index is 0.224. The summed E-state index contributed by atoms with van der Waals surface area (Å²) in [6.07, 6.45) is 0.600. The van der Waals surface area contributed by atoms with Gasteiger partial charge in [0.2, 0.25) is 0 Å². The van der Waals surface area contributed by atoms with Crippen molar-refractivity contribution in [1.82, 2.24) is 5.01 Å². The van der Waals surface area contributed by atoms with Gasteiger partial charge in [-0.25, -0.2) is 9.80 Å². The molecule has 1 aliphatic rings. The lowest BCUT2D eigenvalue weighted by Gasteiger charge is -2.22. The molecule has 0 spiro atoms. The van der Waals surface area contributed by atoms with Gasteiger partial charge in [-0.3, -0.25) is 0 Å². The third kappa shape index (κ3) is 4.92. The largest absolute Gasteiger partial charge is 0.342 e. The highest BCUT2D eigenvalue weighted by Gasteiger charge is 2.33. The Hall–Kier alpha value is -2.82. The fourth-order valence-electron chi connectivity index (χ4n) is 3.59. The number of halogens is 2. The number of hydrogen-bond donors (Lipinski definition) is 1. The van der Waals surface area contributed by atoms with E-state index < -0.39 is 0 Å². The van der Waals surface area contributed by atoms with E-state index in [9.17, 15) is 4.79 Å². The molecule has 1 heterocycles. The maximum absolute atomic E-state index is 13.2. The Morgan fingerprint density at radius 2 is 1.52 bits per heavy atom. The number of rotatable bonds is 4. The van der Waals surface area contributed by atoms with Gasteiger partial charge in [0, 0.05) is 22.2 Å². The molecule has 0 bridgehead atoms. The molecule has 2 amide bonds. The minimum atomic E-state index is -0.277. The van der Waals surface area contributed by atoms with Crippen LogP contribution in [0.25, 0.3) is 0 Å². The van der Waals surface area contributed by atoms with Crippen molar-refractivity contribution in [2.75, 3.05) is 5.32 Å². The molecule has 4 nitrogen and oxygen atoms in total. The molecule has 31 heavy (non-hydrogen) atoms. The maximum atomic E-state index is 13.2. The van der Waals surface area contributed by atoms with Crippen LogP contribution in [0.4, 0.5) is 10.5 Å². The molecule has 3 aromatic rings. The van der Waals surface area contributed by atoms with Gasteiger partial charge in [0.05, 0.1) is 11.8 Å². The summed E-state index contributed by atoms with van der Waals surface area (Å²) in [5.41, 5.74) is 4.71. The topological polar surface area (TPSA) is 44.7 Å². The Morgan fingerprint density at radius 3 is 2.10 bits per heavy atom. The second-order valence-electron chi connectivity index (χ2n) is 7.88. The molecule has 3 aromatic carbocycles. The minimum Gasteiger partial charge on any atom is -0.306 e. The monoisotopic (exact) mass is 451 g/mol. The van der Waals surface area contributed by atoms with Crippen molar-refractivity contribution in [3.63, 3.8) is 0 Å². The van der Waals surface area contributed by atoms with Gasteiger partial charge < -0.3 is 5.32 Å². The first-order valence-electron chi connectivity index (χ1n) is 10.2. The summed E-state index contributed by atoms with van der Waals surface area (Å²) in [5, 5.41) is 10.5. The third-order valence-corrected chi connectivity index (χ3v) is 5.88. The molecule has 0 saturated heterocycles. The van der Waals surface area contributed by atoms with Gasteiger partial charge >= 0.3 is 6.03 Å². The fraction of sp³-hybridized carbons (Fsp3) is 0.200. The summed E-state index contributed by atoms with van der Waals surface area (Å²) >= 11 is 12.1. The third-order valence-electron chi connectivity index (χ3n) is 5.38. The molecule has 1 aliphatic heterocycles. The number of hydrogen-bond acceptors (Lipinski definition) is 2. The molecule has 0 unspecified atom stereocenters. The first-order chi connectivity index (χ1) is 14.9. The van der Waals surface area contributed by atoms with Gasteiger partial charge in [-0.2, -0.15) is 5.10 Å². The molecule has 1 atom stereocenters. The van der Waals surface area contributed by atoms with E-state index in [-0.39, 0.29) is 12.1 Å². The molecule has 0 radical (unpaired) electrons. The quantitative estimate of drug-likeness (QED) is 0.438. The van der Waals surface area contributed by atoms with Crippen molar-refractivity contribution in [2.45, 2.75) is 32.2 Å². The van der Waals surface area contributed by atoms with Crippen LogP contribution in [0.15, 0.2) is 77.9 Å². The molecular weight excluding hydrogens is 429 g/mol. The number of carbonyl (C=O) groups is 1. The Labute approximate surface area is 192 Å². The Kier molecular flexibility index (Phi) is 6.30. The molecular formula is C25H23Cl2N3O. The zero-order chi connectivity index (χ0) is 22.0. The predicted molar refractivity (Wildman–Crippen MR) is 128 cm³/mol. The zero-order valence-electron chi connectivity index (χ0n) is 17.3. The second kappa shape index (κ2) is 9.13. The Bertz CT molecular complexity index is 1090. The van der Waals surface area contributed by atoms with Crippen LogP contribution in [0.1, 0.15) is 48.9 Å². The molecule has 0 aromatic heterocycles. The Balaban J connectivity index is 1.61. The molecule has 158 valence electrons. The fourth-order valence-corrected chi connectivity index (χ4v) is 3.84. The summed E-state index contributed by atoms with van der Waals surface area (Å²) in [6.45, 7) is 4.28. The van der Waals surface area contributed by atoms with Crippen LogP contribution in [-0.4, -0.2) is 16.8 Å². The number of hydrazone groups is 1. The SMILES string of the molecule is CC(C)c1ccc(NC(=O)N2N=C(c3ccc(Cl)cc3)C[C@@H]2c2ccc(Cl)cc2)cc1. The summed E-state index contributed by atoms with van der Waals surface area (Å²) in [6, 6.07) is 22.4. The van der Waals surface area contributed by atoms with Crippen molar-refractivity contribution in [1.29, 1.82) is 0 Å². The summed E-state index contributed by atoms with van der Waals surface area (Å²) in [5.74, 6) is 0.434. The van der Waals surface area contributed by atoms with Crippen LogP contribution in [0.3, 0.4) is 0 Å². The van der Waals surface area contributed by atoms with Crippen molar-refractivity contribution >= 4 is 40.6 Å². The van der Waals surface area contributed by atoms with Crippen LogP contribution in [0.5, 0.6) is 0 Å². The first kappa shape index (κ1) is 21.4. The van der Waals surface area contributed by atoms with E-state index >= 15 is 0 Å². The van der Waals surface area contributed by atoms with Crippen molar-refractivity contribution in [2.24, 2.45) is 5.10 Å². The van der Waals surface area contributed by atoms with Crippen LogP contribution in [0.2, 0.25) is 10.0 Å². The van der Waals surface area contributed by atoms with Gasteiger partial charge in [-0.1, -0.05) is 73.4 Å². The van der Waals surface area contributed by atoms with Gasteiger partial charge in [-0.05, 0) is 59.0 Å². The standard InChI is InChI=1S/C25H23Cl2N3O/c1-16(2)17-7-13-22(14-8-17)28-25(31)30-24(19-5-11-21(27)12-6-19)15-23(29-30)18-3-9-20(26)10-4-18/h3-14,16,24H,15H2,1-2H3,(H,28,31)/t24-/m1/s1. The van der Waals surface area contributed by atoms with E-state index in [0.29, 0.717) is 22.4 Å². The lowest BCUT2D eigenvalue weighted by molar-refractivity contribution is 0.200. The number of urea groups is 1. The highest BCUT2D eigenvalue weighted by molar-refractivity contribution is 6.31. The van der Waals surface area contributed by atoms with E-state index in [4.69, 9.17) is 23.2 Å². The molecule has 6 heteroatoms. The van der Waals surface area contributed by atoms with Crippen molar-refractivity contribution in [3.8, 4) is 0 Å². The van der Waals surface area contributed by atoms with E-state index in [0.717, 1.165) is 22.5 Å². The maximum Gasteiger partial charge on any atom is 0.342 e. The molecule has 0 fully saturated rings. The van der Waals surface area contributed by atoms with E-state index in [1.54, 1.807) is 0 Å². The number of anilines is 1. The molecule has 0 saturated carbocycles. The van der Waals surface area contributed by atoms with Crippen LogP contribution in [0, 0.1) is 0 Å². The number of amides is 2. The average Bonchev–Trinajstić information content (AvgIpc) is 3.21. The highest BCUT2D eigenvalue weighted by atomic mass is 35.5. The van der Waals surface area contributed by atoms with E-state index in [2.05, 4.69) is 24.3 Å². The zero-order valence-corrected chi connectivity index (χ0v) is 18.9. The van der Waals surface area contributed by atoms with E-state index in [1.165, 1.54) is 10.6 Å². The van der Waals surface area contributed by atoms with Crippen LogP contribution in [-0.2, 0) is 0 Å². The van der Waals surface area contributed by atoms with Crippen molar-refractivity contribution in [3.05, 3.63) is 99.5 Å². The van der Waals surface area contributed by atoms with Gasteiger partial charge in [0.25, 0.3) is 0 Å². The van der Waals surface area contributed by atoms with Crippen LogP contribution >= 0.6 is 23.2 Å². The summed E-state index contributed by atoms with van der Waals surface area (Å²) in [7, 11) is 0. The first-order valence-corrected chi connectivity index (χ1v) is 11.0. The van der Waals surface area contributed by atoms with Crippen LogP contribution < -0.4 is 5.32 Å². The summed E-state index contributed by atoms with van der Waals surface area (Å²) < 4.78 is 0. The smallest absolute Gasteiger partial charge is 0.306 e. The van der Waals surface area contributed by atoms with E-state index in [1.807, 2.05) is 72.8 Å². The molecule has 4 rings (SSSR count). The number of nitrogens with zero attached hydrogens (tertiary/aromatic N) is 2. The second-order valence-corrected chi connectivity index (χ2v) is 8.75. The molecule has 0 aliphatic carbocycles. The predicted octanol–water partition coefficient (Wildman–Crippen LogP) is 7.50. The number of carbonyl (C=O) groups excluding carboxylic acids is 1. The summed E-state index contributed by atoms with van der Waals surface area (Å²) in [4.78, 5) is 13.2. The number of benzene rings is 3. The Morgan fingerprint density at radius 1 is 0.935 bits per heavy atom.